The van der Waals surface area contributed by atoms with Crippen molar-refractivity contribution in [1.29, 1.82) is 0 Å². The number of fused-ring (bicyclic) bond motifs is 27. The predicted octanol–water partition coefficient (Wildman–Crippen LogP) is 20.0. The van der Waals surface area contributed by atoms with Crippen molar-refractivity contribution in [1.82, 2.24) is 4.57 Å². The van der Waals surface area contributed by atoms with Crippen molar-refractivity contribution in [3.8, 4) is 50.2 Å². The molecule has 15 aromatic rings. The van der Waals surface area contributed by atoms with E-state index in [0.717, 1.165) is 50.1 Å². The molecule has 2 unspecified atom stereocenters. The Morgan fingerprint density at radius 3 is 1.72 bits per heavy atom. The van der Waals surface area contributed by atoms with Crippen LogP contribution in [0.15, 0.2) is 283 Å². The molecule has 13 aromatic carbocycles. The van der Waals surface area contributed by atoms with Gasteiger partial charge in [-0.1, -0.05) is 218 Å². The van der Waals surface area contributed by atoms with Crippen LogP contribution < -0.4 is 4.90 Å². The molecule has 374 valence electrons. The molecule has 19 rings (SSSR count). The summed E-state index contributed by atoms with van der Waals surface area (Å²) >= 11 is 0. The molecule has 0 saturated carbocycles. The number of para-hydroxylation sites is 4. The lowest BCUT2D eigenvalue weighted by Gasteiger charge is -2.39. The van der Waals surface area contributed by atoms with Gasteiger partial charge in [0.2, 0.25) is 0 Å². The SMILES string of the molecule is c1ccc2c(c1)-c1ccc(N(c3ccc(-c4ccc5c(c4)oc4ccccc45)cc3)c3cccc4c3-c3ccccc3C43c4ccccc4-n4c5ccccc5c5cccc3c54)cc1C21c2ccccc2-c2c1ccc1ccccc21. The van der Waals surface area contributed by atoms with Crippen LogP contribution in [0.3, 0.4) is 0 Å². The molecule has 0 N–H and O–H groups in total. The third kappa shape index (κ3) is 5.34. The molecule has 2 aromatic heterocycles. The van der Waals surface area contributed by atoms with Crippen LogP contribution >= 0.6 is 0 Å². The van der Waals surface area contributed by atoms with Gasteiger partial charge in [0, 0.05) is 38.5 Å². The molecule has 2 atom stereocenters. The highest BCUT2D eigenvalue weighted by Crippen LogP contribution is 2.66. The van der Waals surface area contributed by atoms with Crippen molar-refractivity contribution in [2.75, 3.05) is 4.90 Å². The highest BCUT2D eigenvalue weighted by atomic mass is 16.3. The van der Waals surface area contributed by atoms with Gasteiger partial charge in [0.25, 0.3) is 0 Å². The zero-order valence-electron chi connectivity index (χ0n) is 43.9. The summed E-state index contributed by atoms with van der Waals surface area (Å²) in [6.07, 6.45) is 0. The maximum absolute atomic E-state index is 6.44. The van der Waals surface area contributed by atoms with Crippen LogP contribution in [0.4, 0.5) is 17.1 Å². The van der Waals surface area contributed by atoms with E-state index in [1.807, 2.05) is 6.07 Å². The number of hydrogen-bond acceptors (Lipinski definition) is 2. The largest absolute Gasteiger partial charge is 0.456 e. The van der Waals surface area contributed by atoms with Gasteiger partial charge in [-0.15, -0.1) is 0 Å². The van der Waals surface area contributed by atoms with Crippen molar-refractivity contribution < 1.29 is 4.42 Å². The van der Waals surface area contributed by atoms with E-state index >= 15 is 0 Å². The van der Waals surface area contributed by atoms with E-state index in [0.29, 0.717) is 0 Å². The van der Waals surface area contributed by atoms with Gasteiger partial charge in [-0.25, -0.2) is 0 Å². The van der Waals surface area contributed by atoms with E-state index in [1.165, 1.54) is 116 Å². The van der Waals surface area contributed by atoms with Gasteiger partial charge < -0.3 is 13.9 Å². The number of furan rings is 1. The van der Waals surface area contributed by atoms with Crippen molar-refractivity contribution in [2.45, 2.75) is 10.8 Å². The number of nitrogens with zero attached hydrogens (tertiary/aromatic N) is 2. The van der Waals surface area contributed by atoms with Crippen LogP contribution in [0.25, 0.3) is 105 Å². The summed E-state index contributed by atoms with van der Waals surface area (Å²) in [7, 11) is 0. The number of rotatable bonds is 4. The molecule has 3 heteroatoms. The first-order chi connectivity index (χ1) is 40.2. The standard InChI is InChI=1S/C78H46N2O/c1-2-18-52-48(17-1)38-44-66-74(52)59-22-4-9-26-62(59)77(66)61-25-8-3-19-53(61)54-43-41-51(46-68(54)77)79(50-39-35-47(36-40-50)49-37-42-57-56-21-7-14-34-72(56)81-73(57)45-49)71-33-16-29-65-75(71)60-23-5-10-27-63(60)78(65)64-28-11-13-32-70(64)80-69-31-12-6-20-55(69)58-24-15-30-67(78)76(58)80/h1-46H. The molecular formula is C78H46N2O. The van der Waals surface area contributed by atoms with Crippen molar-refractivity contribution in [2.24, 2.45) is 0 Å². The quantitative estimate of drug-likeness (QED) is 0.175. The van der Waals surface area contributed by atoms with E-state index in [4.69, 9.17) is 4.42 Å². The van der Waals surface area contributed by atoms with Gasteiger partial charge >= 0.3 is 0 Å². The van der Waals surface area contributed by atoms with Gasteiger partial charge in [-0.2, -0.15) is 0 Å². The van der Waals surface area contributed by atoms with Crippen LogP contribution in [-0.2, 0) is 10.8 Å². The minimum atomic E-state index is -0.614. The Labute approximate surface area is 467 Å². The van der Waals surface area contributed by atoms with Gasteiger partial charge in [-0.05, 0) is 155 Å². The first-order valence-electron chi connectivity index (χ1n) is 28.2. The lowest BCUT2D eigenvalue weighted by Crippen LogP contribution is -2.33. The fourth-order valence-electron chi connectivity index (χ4n) is 15.9. The normalized spacial score (nSPS) is 16.5. The Bertz CT molecular complexity index is 5270. The molecule has 0 radical (unpaired) electrons. The minimum absolute atomic E-state index is 0.555. The first-order valence-corrected chi connectivity index (χ1v) is 28.2. The first kappa shape index (κ1) is 43.5. The molecule has 0 bridgehead atoms. The minimum Gasteiger partial charge on any atom is -0.456 e. The van der Waals surface area contributed by atoms with Crippen LogP contribution in [0.1, 0.15) is 44.5 Å². The Morgan fingerprint density at radius 1 is 0.309 bits per heavy atom. The van der Waals surface area contributed by atoms with E-state index in [9.17, 15) is 0 Å². The molecule has 0 saturated heterocycles. The van der Waals surface area contributed by atoms with Gasteiger partial charge in [0.1, 0.15) is 11.2 Å². The summed E-state index contributed by atoms with van der Waals surface area (Å²) in [4.78, 5) is 2.56. The molecule has 81 heavy (non-hydrogen) atoms. The molecule has 0 fully saturated rings. The highest BCUT2D eigenvalue weighted by molar-refractivity contribution is 6.14. The third-order valence-corrected chi connectivity index (χ3v) is 19.0. The molecule has 3 heterocycles. The molecule has 3 nitrogen and oxygen atoms in total. The van der Waals surface area contributed by atoms with E-state index < -0.39 is 10.8 Å². The van der Waals surface area contributed by atoms with Crippen LogP contribution in [0.2, 0.25) is 0 Å². The molecular weight excluding hydrogens is 981 g/mol. The van der Waals surface area contributed by atoms with Crippen molar-refractivity contribution in [3.63, 3.8) is 0 Å². The Kier molecular flexibility index (Phi) is 8.39. The Hall–Kier alpha value is -10.5. The molecule has 4 aliphatic rings. The smallest absolute Gasteiger partial charge is 0.136 e. The second-order valence-corrected chi connectivity index (χ2v) is 22.5. The fraction of sp³-hybridized carbons (Fsp3) is 0.0256. The van der Waals surface area contributed by atoms with Crippen molar-refractivity contribution >= 4 is 71.6 Å². The average molecular weight is 1030 g/mol. The number of benzene rings is 13. The Balaban J connectivity index is 0.884. The van der Waals surface area contributed by atoms with Gasteiger partial charge in [0.05, 0.1) is 33.2 Å². The topological polar surface area (TPSA) is 21.3 Å². The van der Waals surface area contributed by atoms with E-state index in [1.54, 1.807) is 0 Å². The summed E-state index contributed by atoms with van der Waals surface area (Å²) < 4.78 is 8.97. The van der Waals surface area contributed by atoms with Crippen LogP contribution in [0, 0.1) is 0 Å². The van der Waals surface area contributed by atoms with Crippen LogP contribution in [-0.4, -0.2) is 4.57 Å². The van der Waals surface area contributed by atoms with E-state index in [-0.39, 0.29) is 0 Å². The predicted molar refractivity (Wildman–Crippen MR) is 333 cm³/mol. The number of hydrogen-bond donors (Lipinski definition) is 0. The molecule has 3 aliphatic carbocycles. The maximum Gasteiger partial charge on any atom is 0.136 e. The summed E-state index contributed by atoms with van der Waals surface area (Å²) in [5.74, 6) is 0. The summed E-state index contributed by atoms with van der Waals surface area (Å²) in [5.41, 5.74) is 28.0. The zero-order chi connectivity index (χ0) is 52.7. The number of anilines is 3. The lowest BCUT2D eigenvalue weighted by molar-refractivity contribution is 0.669. The van der Waals surface area contributed by atoms with Gasteiger partial charge in [0.15, 0.2) is 0 Å². The third-order valence-electron chi connectivity index (χ3n) is 19.0. The second kappa shape index (κ2) is 15.6. The molecule has 2 spiro atoms. The summed E-state index contributed by atoms with van der Waals surface area (Å²) in [5, 5.41) is 7.35. The second-order valence-electron chi connectivity index (χ2n) is 22.5. The highest BCUT2D eigenvalue weighted by Gasteiger charge is 2.54. The summed E-state index contributed by atoms with van der Waals surface area (Å²) in [6, 6.07) is 105. The molecule has 0 amide bonds. The maximum atomic E-state index is 6.44. The Morgan fingerprint density at radius 2 is 0.877 bits per heavy atom. The number of aromatic nitrogens is 1. The monoisotopic (exact) mass is 1030 g/mol. The molecule has 1 aliphatic heterocycles. The van der Waals surface area contributed by atoms with Gasteiger partial charge in [-0.3, -0.25) is 0 Å². The van der Waals surface area contributed by atoms with E-state index in [2.05, 4.69) is 282 Å². The average Bonchev–Trinajstić information content (AvgIpc) is 3.63. The van der Waals surface area contributed by atoms with Crippen LogP contribution in [0.5, 0.6) is 0 Å². The zero-order valence-corrected chi connectivity index (χ0v) is 43.9. The van der Waals surface area contributed by atoms with Crippen molar-refractivity contribution in [3.05, 3.63) is 324 Å². The fourth-order valence-corrected chi connectivity index (χ4v) is 15.9. The summed E-state index contributed by atoms with van der Waals surface area (Å²) in [6.45, 7) is 0. The lowest BCUT2D eigenvalue weighted by atomic mass is 9.65.